The van der Waals surface area contributed by atoms with Gasteiger partial charge in [-0.3, -0.25) is 4.79 Å². The number of aromatic nitrogens is 2. The number of amides is 1. The first-order valence-corrected chi connectivity index (χ1v) is 8.91. The van der Waals surface area contributed by atoms with E-state index < -0.39 is 5.92 Å². The zero-order valence-corrected chi connectivity index (χ0v) is 15.4. The van der Waals surface area contributed by atoms with E-state index in [4.69, 9.17) is 0 Å². The molecule has 5 heteroatoms. The lowest BCUT2D eigenvalue weighted by Crippen LogP contribution is -2.29. The van der Waals surface area contributed by atoms with Gasteiger partial charge in [-0.05, 0) is 36.6 Å². The van der Waals surface area contributed by atoms with Gasteiger partial charge < -0.3 is 9.72 Å². The number of rotatable bonds is 6. The number of nitrogens with one attached hydrogen (secondary N) is 1. The standard InChI is InChI=1S/C21H24FN3O/c1-14(2)12-24-21(26)11-17(16-8-4-5-9-18(16)22)19-13-23-20-10-6-7-15(3)25(19)20/h4-10,13-14,17H,11-12H2,1-3H3,(H,24,26). The Morgan fingerprint density at radius 1 is 1.19 bits per heavy atom. The molecule has 1 atom stereocenters. The molecular formula is C21H24FN3O. The highest BCUT2D eigenvalue weighted by Crippen LogP contribution is 2.31. The zero-order valence-electron chi connectivity index (χ0n) is 15.4. The molecular weight excluding hydrogens is 329 g/mol. The zero-order chi connectivity index (χ0) is 18.7. The van der Waals surface area contributed by atoms with Gasteiger partial charge >= 0.3 is 0 Å². The second-order valence-electron chi connectivity index (χ2n) is 7.02. The van der Waals surface area contributed by atoms with Crippen LogP contribution in [0.3, 0.4) is 0 Å². The van der Waals surface area contributed by atoms with Crippen LogP contribution >= 0.6 is 0 Å². The Bertz CT molecular complexity index is 917. The molecule has 2 heterocycles. The van der Waals surface area contributed by atoms with Crippen LogP contribution in [-0.4, -0.2) is 21.8 Å². The average molecular weight is 353 g/mol. The van der Waals surface area contributed by atoms with Gasteiger partial charge in [-0.25, -0.2) is 9.37 Å². The van der Waals surface area contributed by atoms with Crippen LogP contribution in [0.2, 0.25) is 0 Å². The van der Waals surface area contributed by atoms with Crippen LogP contribution < -0.4 is 5.32 Å². The monoisotopic (exact) mass is 353 g/mol. The predicted molar refractivity (Wildman–Crippen MR) is 101 cm³/mol. The number of carbonyl (C=O) groups is 1. The first-order valence-electron chi connectivity index (χ1n) is 8.91. The second kappa shape index (κ2) is 7.68. The molecule has 0 radical (unpaired) electrons. The fraction of sp³-hybridized carbons (Fsp3) is 0.333. The van der Waals surface area contributed by atoms with E-state index in [1.54, 1.807) is 24.4 Å². The van der Waals surface area contributed by atoms with Gasteiger partial charge in [0.2, 0.25) is 5.91 Å². The van der Waals surface area contributed by atoms with Crippen LogP contribution in [0.15, 0.2) is 48.7 Å². The largest absolute Gasteiger partial charge is 0.356 e. The fourth-order valence-corrected chi connectivity index (χ4v) is 3.18. The van der Waals surface area contributed by atoms with E-state index in [9.17, 15) is 9.18 Å². The summed E-state index contributed by atoms with van der Waals surface area (Å²) in [6.45, 7) is 6.68. The number of pyridine rings is 1. The van der Waals surface area contributed by atoms with E-state index in [2.05, 4.69) is 10.3 Å². The maximum Gasteiger partial charge on any atom is 0.221 e. The van der Waals surface area contributed by atoms with Gasteiger partial charge in [0.05, 0.1) is 5.69 Å². The molecule has 1 unspecified atom stereocenters. The lowest BCUT2D eigenvalue weighted by atomic mass is 9.91. The molecule has 0 aliphatic carbocycles. The van der Waals surface area contributed by atoms with Gasteiger partial charge in [0.25, 0.3) is 0 Å². The van der Waals surface area contributed by atoms with Crippen molar-refractivity contribution >= 4 is 11.6 Å². The van der Waals surface area contributed by atoms with Crippen molar-refractivity contribution < 1.29 is 9.18 Å². The summed E-state index contributed by atoms with van der Waals surface area (Å²) in [5, 5.41) is 2.94. The molecule has 136 valence electrons. The van der Waals surface area contributed by atoms with Crippen LogP contribution in [0, 0.1) is 18.7 Å². The van der Waals surface area contributed by atoms with Crippen LogP contribution in [0.25, 0.3) is 5.65 Å². The van der Waals surface area contributed by atoms with Gasteiger partial charge in [0, 0.05) is 30.8 Å². The Balaban J connectivity index is 2.03. The quantitative estimate of drug-likeness (QED) is 0.726. The average Bonchev–Trinajstić information content (AvgIpc) is 3.04. The summed E-state index contributed by atoms with van der Waals surface area (Å²) >= 11 is 0. The molecule has 0 bridgehead atoms. The van der Waals surface area contributed by atoms with Crippen molar-refractivity contribution in [2.45, 2.75) is 33.1 Å². The highest BCUT2D eigenvalue weighted by atomic mass is 19.1. The molecule has 0 spiro atoms. The minimum atomic E-state index is -0.403. The minimum Gasteiger partial charge on any atom is -0.356 e. The third-order valence-electron chi connectivity index (χ3n) is 4.49. The molecule has 2 aromatic heterocycles. The van der Waals surface area contributed by atoms with Crippen molar-refractivity contribution in [1.82, 2.24) is 14.7 Å². The van der Waals surface area contributed by atoms with E-state index in [1.807, 2.05) is 43.4 Å². The molecule has 1 amide bonds. The molecule has 0 saturated heterocycles. The van der Waals surface area contributed by atoms with Crippen molar-refractivity contribution in [2.75, 3.05) is 6.54 Å². The van der Waals surface area contributed by atoms with Crippen molar-refractivity contribution in [2.24, 2.45) is 5.92 Å². The summed E-state index contributed by atoms with van der Waals surface area (Å²) in [6, 6.07) is 12.5. The number of halogens is 1. The van der Waals surface area contributed by atoms with Gasteiger partial charge in [-0.2, -0.15) is 0 Å². The summed E-state index contributed by atoms with van der Waals surface area (Å²) in [7, 11) is 0. The number of hydrogen-bond donors (Lipinski definition) is 1. The third kappa shape index (κ3) is 3.77. The SMILES string of the molecule is Cc1cccc2ncc(C(CC(=O)NCC(C)C)c3ccccc3F)n12. The minimum absolute atomic E-state index is 0.0875. The second-order valence-corrected chi connectivity index (χ2v) is 7.02. The molecule has 3 rings (SSSR count). The molecule has 1 aromatic carbocycles. The Morgan fingerprint density at radius 3 is 2.69 bits per heavy atom. The van der Waals surface area contributed by atoms with Gasteiger partial charge in [0.15, 0.2) is 0 Å². The van der Waals surface area contributed by atoms with Crippen LogP contribution in [0.4, 0.5) is 4.39 Å². The number of fused-ring (bicyclic) bond motifs is 1. The van der Waals surface area contributed by atoms with Crippen LogP contribution in [0.1, 0.15) is 43.1 Å². The topological polar surface area (TPSA) is 46.4 Å². The summed E-state index contributed by atoms with van der Waals surface area (Å²) in [4.78, 5) is 16.9. The molecule has 4 nitrogen and oxygen atoms in total. The smallest absolute Gasteiger partial charge is 0.221 e. The Labute approximate surface area is 153 Å². The maximum atomic E-state index is 14.5. The molecule has 0 aliphatic heterocycles. The normalized spacial score (nSPS) is 12.5. The van der Waals surface area contributed by atoms with E-state index >= 15 is 0 Å². The van der Waals surface area contributed by atoms with E-state index in [1.165, 1.54) is 6.07 Å². The van der Waals surface area contributed by atoms with Gasteiger partial charge in [-0.15, -0.1) is 0 Å². The van der Waals surface area contributed by atoms with E-state index in [0.29, 0.717) is 18.0 Å². The number of aryl methyl sites for hydroxylation is 1. The Morgan fingerprint density at radius 2 is 1.96 bits per heavy atom. The number of benzene rings is 1. The number of nitrogens with zero attached hydrogens (tertiary/aromatic N) is 2. The summed E-state index contributed by atoms with van der Waals surface area (Å²) in [5.41, 5.74) is 3.13. The number of carbonyl (C=O) groups excluding carboxylic acids is 1. The van der Waals surface area contributed by atoms with Crippen LogP contribution in [-0.2, 0) is 4.79 Å². The van der Waals surface area contributed by atoms with E-state index in [-0.39, 0.29) is 18.1 Å². The van der Waals surface area contributed by atoms with Crippen molar-refractivity contribution in [3.63, 3.8) is 0 Å². The summed E-state index contributed by atoms with van der Waals surface area (Å²) in [6.07, 6.45) is 1.92. The predicted octanol–water partition coefficient (Wildman–Crippen LogP) is 4.08. The third-order valence-corrected chi connectivity index (χ3v) is 4.49. The van der Waals surface area contributed by atoms with E-state index in [0.717, 1.165) is 17.0 Å². The first kappa shape index (κ1) is 18.1. The van der Waals surface area contributed by atoms with Gasteiger partial charge in [-0.1, -0.05) is 38.1 Å². The molecule has 26 heavy (non-hydrogen) atoms. The van der Waals surface area contributed by atoms with Crippen molar-refractivity contribution in [3.8, 4) is 0 Å². The molecule has 0 saturated carbocycles. The Hall–Kier alpha value is -2.69. The molecule has 0 fully saturated rings. The lowest BCUT2D eigenvalue weighted by molar-refractivity contribution is -0.121. The van der Waals surface area contributed by atoms with Gasteiger partial charge in [0.1, 0.15) is 11.5 Å². The first-order chi connectivity index (χ1) is 12.5. The molecule has 1 N–H and O–H groups in total. The Kier molecular flexibility index (Phi) is 5.35. The maximum absolute atomic E-state index is 14.5. The van der Waals surface area contributed by atoms with Crippen LogP contribution in [0.5, 0.6) is 0 Å². The number of hydrogen-bond acceptors (Lipinski definition) is 2. The summed E-state index contributed by atoms with van der Waals surface area (Å²) in [5.74, 6) is -0.434. The molecule has 3 aromatic rings. The highest BCUT2D eigenvalue weighted by Gasteiger charge is 2.24. The lowest BCUT2D eigenvalue weighted by Gasteiger charge is -2.19. The van der Waals surface area contributed by atoms with Crippen molar-refractivity contribution in [1.29, 1.82) is 0 Å². The fourth-order valence-electron chi connectivity index (χ4n) is 3.18. The highest BCUT2D eigenvalue weighted by molar-refractivity contribution is 5.77. The number of imidazole rings is 1. The molecule has 0 aliphatic rings. The van der Waals surface area contributed by atoms with Crippen molar-refractivity contribution in [3.05, 3.63) is 71.4 Å². The summed E-state index contributed by atoms with van der Waals surface area (Å²) < 4.78 is 16.5.